The first-order valence-corrected chi connectivity index (χ1v) is 7.80. The van der Waals surface area contributed by atoms with Gasteiger partial charge in [0.15, 0.2) is 0 Å². The van der Waals surface area contributed by atoms with Crippen molar-refractivity contribution < 1.29 is 0 Å². The Bertz CT molecular complexity index is 401. The predicted octanol–water partition coefficient (Wildman–Crippen LogP) is 3.07. The quantitative estimate of drug-likeness (QED) is 0.893. The van der Waals surface area contributed by atoms with E-state index in [2.05, 4.69) is 54.4 Å². The van der Waals surface area contributed by atoms with E-state index in [0.717, 1.165) is 18.4 Å². The van der Waals surface area contributed by atoms with E-state index in [1.165, 1.54) is 31.5 Å². The van der Waals surface area contributed by atoms with Gasteiger partial charge in [0.05, 0.1) is 0 Å². The topological polar surface area (TPSA) is 15.3 Å². The van der Waals surface area contributed by atoms with Crippen LogP contribution in [0, 0.1) is 11.8 Å². The molecule has 1 saturated heterocycles. The van der Waals surface area contributed by atoms with Crippen LogP contribution in [-0.4, -0.2) is 30.6 Å². The molecular weight excluding hydrogens is 232 g/mol. The first kappa shape index (κ1) is 13.1. The largest absolute Gasteiger partial charge is 0.311 e. The molecule has 2 heteroatoms. The van der Waals surface area contributed by atoms with Crippen LogP contribution in [0.3, 0.4) is 0 Å². The summed E-state index contributed by atoms with van der Waals surface area (Å²) in [5, 5.41) is 3.71. The summed E-state index contributed by atoms with van der Waals surface area (Å²) in [6, 6.07) is 12.2. The third-order valence-corrected chi connectivity index (χ3v) is 4.92. The summed E-state index contributed by atoms with van der Waals surface area (Å²) in [5.41, 5.74) is 1.47. The number of hydrogen-bond donors (Lipinski definition) is 1. The van der Waals surface area contributed by atoms with E-state index in [-0.39, 0.29) is 0 Å². The van der Waals surface area contributed by atoms with Crippen LogP contribution in [-0.2, 0) is 0 Å². The molecule has 1 aliphatic carbocycles. The summed E-state index contributed by atoms with van der Waals surface area (Å²) in [6.07, 6.45) is 2.67. The van der Waals surface area contributed by atoms with E-state index in [4.69, 9.17) is 0 Å². The van der Waals surface area contributed by atoms with Crippen molar-refractivity contribution in [2.75, 3.05) is 19.6 Å². The van der Waals surface area contributed by atoms with Gasteiger partial charge in [0, 0.05) is 31.7 Å². The maximum atomic E-state index is 3.71. The molecule has 19 heavy (non-hydrogen) atoms. The Morgan fingerprint density at radius 3 is 2.63 bits per heavy atom. The SMILES string of the molecule is CCC1CN(CC2CC2C)C(c2ccccc2)CN1. The van der Waals surface area contributed by atoms with Crippen molar-refractivity contribution >= 4 is 0 Å². The maximum absolute atomic E-state index is 3.71. The van der Waals surface area contributed by atoms with Gasteiger partial charge in [-0.25, -0.2) is 0 Å². The standard InChI is InChI=1S/C17H26N2/c1-3-16-12-19(11-15-9-13(15)2)17(10-18-16)14-7-5-4-6-8-14/h4-8,13,15-18H,3,9-12H2,1-2H3. The smallest absolute Gasteiger partial charge is 0.0473 e. The van der Waals surface area contributed by atoms with Gasteiger partial charge in [0.2, 0.25) is 0 Å². The highest BCUT2D eigenvalue weighted by atomic mass is 15.2. The average molecular weight is 258 g/mol. The summed E-state index contributed by atoms with van der Waals surface area (Å²) in [7, 11) is 0. The Balaban J connectivity index is 1.72. The van der Waals surface area contributed by atoms with Crippen LogP contribution in [0.1, 0.15) is 38.3 Å². The van der Waals surface area contributed by atoms with E-state index in [1.807, 2.05) is 0 Å². The minimum atomic E-state index is 0.566. The lowest BCUT2D eigenvalue weighted by atomic mass is 9.99. The molecule has 2 aliphatic rings. The van der Waals surface area contributed by atoms with Crippen molar-refractivity contribution in [3.8, 4) is 0 Å². The molecule has 1 aromatic rings. The minimum Gasteiger partial charge on any atom is -0.311 e. The lowest BCUT2D eigenvalue weighted by Crippen LogP contribution is -2.52. The van der Waals surface area contributed by atoms with Gasteiger partial charge in [-0.3, -0.25) is 4.90 Å². The maximum Gasteiger partial charge on any atom is 0.0473 e. The fourth-order valence-electron chi connectivity index (χ4n) is 3.32. The van der Waals surface area contributed by atoms with Crippen molar-refractivity contribution in [2.24, 2.45) is 11.8 Å². The van der Waals surface area contributed by atoms with Gasteiger partial charge < -0.3 is 5.32 Å². The molecule has 1 N–H and O–H groups in total. The summed E-state index contributed by atoms with van der Waals surface area (Å²) in [5.74, 6) is 1.90. The molecule has 2 fully saturated rings. The summed E-state index contributed by atoms with van der Waals surface area (Å²) >= 11 is 0. The van der Waals surface area contributed by atoms with E-state index in [9.17, 15) is 0 Å². The second-order valence-corrected chi connectivity index (χ2v) is 6.37. The predicted molar refractivity (Wildman–Crippen MR) is 80.1 cm³/mol. The van der Waals surface area contributed by atoms with Crippen LogP contribution in [0.4, 0.5) is 0 Å². The van der Waals surface area contributed by atoms with Gasteiger partial charge in [0.25, 0.3) is 0 Å². The van der Waals surface area contributed by atoms with Gasteiger partial charge in [-0.05, 0) is 30.2 Å². The highest BCUT2D eigenvalue weighted by molar-refractivity contribution is 5.20. The van der Waals surface area contributed by atoms with E-state index in [1.54, 1.807) is 0 Å². The second kappa shape index (κ2) is 5.64. The van der Waals surface area contributed by atoms with Gasteiger partial charge in [0.1, 0.15) is 0 Å². The summed E-state index contributed by atoms with van der Waals surface area (Å²) < 4.78 is 0. The zero-order valence-electron chi connectivity index (χ0n) is 12.2. The van der Waals surface area contributed by atoms with Crippen molar-refractivity contribution in [1.29, 1.82) is 0 Å². The molecule has 4 unspecified atom stereocenters. The third kappa shape index (κ3) is 3.01. The second-order valence-electron chi connectivity index (χ2n) is 6.37. The first-order valence-electron chi connectivity index (χ1n) is 7.80. The van der Waals surface area contributed by atoms with E-state index < -0.39 is 0 Å². The third-order valence-electron chi connectivity index (χ3n) is 4.92. The van der Waals surface area contributed by atoms with Crippen LogP contribution in [0.2, 0.25) is 0 Å². The Kier molecular flexibility index (Phi) is 3.90. The lowest BCUT2D eigenvalue weighted by molar-refractivity contribution is 0.121. The van der Waals surface area contributed by atoms with Crippen LogP contribution in [0.15, 0.2) is 30.3 Å². The van der Waals surface area contributed by atoms with Crippen LogP contribution < -0.4 is 5.32 Å². The summed E-state index contributed by atoms with van der Waals surface area (Å²) in [4.78, 5) is 2.73. The van der Waals surface area contributed by atoms with Gasteiger partial charge in [-0.2, -0.15) is 0 Å². The molecule has 3 rings (SSSR count). The van der Waals surface area contributed by atoms with Gasteiger partial charge in [-0.15, -0.1) is 0 Å². The number of nitrogens with zero attached hydrogens (tertiary/aromatic N) is 1. The van der Waals surface area contributed by atoms with Gasteiger partial charge in [-0.1, -0.05) is 44.2 Å². The molecule has 1 heterocycles. The fourth-order valence-corrected chi connectivity index (χ4v) is 3.32. The Hall–Kier alpha value is -0.860. The van der Waals surface area contributed by atoms with E-state index >= 15 is 0 Å². The van der Waals surface area contributed by atoms with Crippen LogP contribution >= 0.6 is 0 Å². The summed E-state index contributed by atoms with van der Waals surface area (Å²) in [6.45, 7) is 8.28. The minimum absolute atomic E-state index is 0.566. The molecule has 4 atom stereocenters. The fraction of sp³-hybridized carbons (Fsp3) is 0.647. The molecule has 0 aromatic heterocycles. The van der Waals surface area contributed by atoms with Crippen LogP contribution in [0.25, 0.3) is 0 Å². The van der Waals surface area contributed by atoms with Crippen LogP contribution in [0.5, 0.6) is 0 Å². The molecule has 1 saturated carbocycles. The highest BCUT2D eigenvalue weighted by Gasteiger charge is 2.37. The van der Waals surface area contributed by atoms with Crippen molar-refractivity contribution in [2.45, 2.75) is 38.8 Å². The Morgan fingerprint density at radius 2 is 2.00 bits per heavy atom. The zero-order valence-corrected chi connectivity index (χ0v) is 12.2. The number of benzene rings is 1. The number of rotatable bonds is 4. The molecule has 0 radical (unpaired) electrons. The molecular formula is C17H26N2. The molecule has 0 amide bonds. The molecule has 2 nitrogen and oxygen atoms in total. The Morgan fingerprint density at radius 1 is 1.26 bits per heavy atom. The average Bonchev–Trinajstić information content (AvgIpc) is 3.15. The number of nitrogens with one attached hydrogen (secondary N) is 1. The first-order chi connectivity index (χ1) is 9.28. The van der Waals surface area contributed by atoms with Crippen molar-refractivity contribution in [3.05, 3.63) is 35.9 Å². The van der Waals surface area contributed by atoms with Crippen molar-refractivity contribution in [1.82, 2.24) is 10.2 Å². The van der Waals surface area contributed by atoms with E-state index in [0.29, 0.717) is 12.1 Å². The molecule has 1 aromatic carbocycles. The van der Waals surface area contributed by atoms with Crippen molar-refractivity contribution in [3.63, 3.8) is 0 Å². The molecule has 0 spiro atoms. The monoisotopic (exact) mass is 258 g/mol. The highest BCUT2D eigenvalue weighted by Crippen LogP contribution is 2.40. The molecule has 1 aliphatic heterocycles. The number of hydrogen-bond acceptors (Lipinski definition) is 2. The molecule has 0 bridgehead atoms. The normalized spacial score (nSPS) is 35.3. The Labute approximate surface area is 117 Å². The number of piperazine rings is 1. The van der Waals surface area contributed by atoms with Gasteiger partial charge >= 0.3 is 0 Å². The molecule has 104 valence electrons. The lowest BCUT2D eigenvalue weighted by Gasteiger charge is -2.40. The zero-order chi connectivity index (χ0) is 13.2.